The van der Waals surface area contributed by atoms with E-state index in [1.807, 2.05) is 12.3 Å². The first-order valence-electron chi connectivity index (χ1n) is 5.57. The lowest BCUT2D eigenvalue weighted by atomic mass is 10.00. The van der Waals surface area contributed by atoms with E-state index in [-0.39, 0.29) is 24.8 Å². The van der Waals surface area contributed by atoms with Crippen LogP contribution in [0.4, 0.5) is 0 Å². The van der Waals surface area contributed by atoms with Crippen LogP contribution in [0.3, 0.4) is 0 Å². The molecular weight excluding hydrogens is 279 g/mol. The highest BCUT2D eigenvalue weighted by molar-refractivity contribution is 6.29. The molecule has 2 rings (SSSR count). The summed E-state index contributed by atoms with van der Waals surface area (Å²) in [5.74, 6) is 0.832. The number of nitrogens with zero attached hydrogens (tertiary/aromatic N) is 2. The van der Waals surface area contributed by atoms with E-state index in [4.69, 9.17) is 11.6 Å². The molecule has 1 aliphatic rings. The average molecular weight is 298 g/mol. The monoisotopic (exact) mass is 296 g/mol. The van der Waals surface area contributed by atoms with Crippen LogP contribution < -0.4 is 0 Å². The Kier molecular flexibility index (Phi) is 8.14. The van der Waals surface area contributed by atoms with Crippen LogP contribution in [0.2, 0.25) is 5.15 Å². The van der Waals surface area contributed by atoms with Crippen LogP contribution in [0.5, 0.6) is 0 Å². The molecule has 2 nitrogen and oxygen atoms in total. The molecule has 1 unspecified atom stereocenters. The van der Waals surface area contributed by atoms with Crippen LogP contribution in [0.15, 0.2) is 18.3 Å². The quantitative estimate of drug-likeness (QED) is 0.772. The highest BCUT2D eigenvalue weighted by atomic mass is 35.5. The van der Waals surface area contributed by atoms with Crippen molar-refractivity contribution < 1.29 is 0 Å². The van der Waals surface area contributed by atoms with Gasteiger partial charge in [-0.3, -0.25) is 4.90 Å². The summed E-state index contributed by atoms with van der Waals surface area (Å²) in [6.07, 6.45) is 4.57. The van der Waals surface area contributed by atoms with Gasteiger partial charge in [-0.2, -0.15) is 0 Å². The summed E-state index contributed by atoms with van der Waals surface area (Å²) < 4.78 is 0. The minimum atomic E-state index is 0. The number of piperidine rings is 1. The first kappa shape index (κ1) is 17.0. The summed E-state index contributed by atoms with van der Waals surface area (Å²) in [4.78, 5) is 6.60. The van der Waals surface area contributed by atoms with Gasteiger partial charge >= 0.3 is 0 Å². The molecule has 17 heavy (non-hydrogen) atoms. The largest absolute Gasteiger partial charge is 0.299 e. The smallest absolute Gasteiger partial charge is 0.129 e. The van der Waals surface area contributed by atoms with Crippen LogP contribution in [0, 0.1) is 5.92 Å². The fraction of sp³-hybridized carbons (Fsp3) is 0.583. The third-order valence-corrected chi connectivity index (χ3v) is 3.16. The second-order valence-electron chi connectivity index (χ2n) is 4.47. The van der Waals surface area contributed by atoms with Crippen molar-refractivity contribution in [3.05, 3.63) is 29.0 Å². The van der Waals surface area contributed by atoms with E-state index in [1.165, 1.54) is 31.5 Å². The standard InChI is InChI=1S/C12H17ClN2.2ClH/c1-10-3-2-6-15(8-10)9-11-4-5-12(13)14-7-11;;/h4-5,7,10H,2-3,6,8-9H2,1H3;2*1H. The average Bonchev–Trinajstić information content (AvgIpc) is 2.22. The molecule has 0 spiro atoms. The van der Waals surface area contributed by atoms with Gasteiger partial charge in [0.25, 0.3) is 0 Å². The molecule has 98 valence electrons. The molecule has 2 heterocycles. The number of pyridine rings is 1. The van der Waals surface area contributed by atoms with Gasteiger partial charge in [0.1, 0.15) is 5.15 Å². The van der Waals surface area contributed by atoms with E-state index in [9.17, 15) is 0 Å². The van der Waals surface area contributed by atoms with Crippen molar-refractivity contribution in [2.45, 2.75) is 26.3 Å². The van der Waals surface area contributed by atoms with Gasteiger partial charge in [0, 0.05) is 19.3 Å². The Bertz CT molecular complexity index is 316. The number of hydrogen-bond donors (Lipinski definition) is 0. The predicted molar refractivity (Wildman–Crippen MR) is 77.4 cm³/mol. The summed E-state index contributed by atoms with van der Waals surface area (Å²) in [6.45, 7) is 5.76. The Labute approximate surface area is 121 Å². The first-order valence-corrected chi connectivity index (χ1v) is 5.94. The van der Waals surface area contributed by atoms with Gasteiger partial charge in [0.05, 0.1) is 0 Å². The van der Waals surface area contributed by atoms with Gasteiger partial charge in [-0.15, -0.1) is 24.8 Å². The molecule has 1 aliphatic heterocycles. The van der Waals surface area contributed by atoms with E-state index in [0.29, 0.717) is 5.15 Å². The maximum Gasteiger partial charge on any atom is 0.129 e. The minimum Gasteiger partial charge on any atom is -0.299 e. The number of halogens is 3. The lowest BCUT2D eigenvalue weighted by Gasteiger charge is -2.30. The normalized spacial score (nSPS) is 20.2. The second-order valence-corrected chi connectivity index (χ2v) is 4.86. The molecule has 1 aromatic rings. The highest BCUT2D eigenvalue weighted by Gasteiger charge is 2.15. The van der Waals surface area contributed by atoms with Gasteiger partial charge < -0.3 is 0 Å². The van der Waals surface area contributed by atoms with Crippen molar-refractivity contribution in [1.82, 2.24) is 9.88 Å². The maximum atomic E-state index is 5.75. The fourth-order valence-electron chi connectivity index (χ4n) is 2.19. The Morgan fingerprint density at radius 2 is 2.18 bits per heavy atom. The Morgan fingerprint density at radius 1 is 1.41 bits per heavy atom. The molecular formula is C12H19Cl3N2. The van der Waals surface area contributed by atoms with E-state index < -0.39 is 0 Å². The van der Waals surface area contributed by atoms with Gasteiger partial charge in [0.2, 0.25) is 0 Å². The first-order chi connectivity index (χ1) is 7.24. The molecule has 0 aliphatic carbocycles. The SMILES string of the molecule is CC1CCCN(Cc2ccc(Cl)nc2)C1.Cl.Cl. The summed E-state index contributed by atoms with van der Waals surface area (Å²) in [7, 11) is 0. The number of aromatic nitrogens is 1. The second kappa shape index (κ2) is 8.15. The third-order valence-electron chi connectivity index (χ3n) is 2.94. The molecule has 1 fully saturated rings. The number of likely N-dealkylation sites (tertiary alicyclic amines) is 1. The molecule has 0 bridgehead atoms. The highest BCUT2D eigenvalue weighted by Crippen LogP contribution is 2.17. The van der Waals surface area contributed by atoms with Gasteiger partial charge in [0.15, 0.2) is 0 Å². The fourth-order valence-corrected chi connectivity index (χ4v) is 2.30. The topological polar surface area (TPSA) is 16.1 Å². The molecule has 0 N–H and O–H groups in total. The van der Waals surface area contributed by atoms with Gasteiger partial charge in [-0.25, -0.2) is 4.98 Å². The maximum absolute atomic E-state index is 5.75. The molecule has 5 heteroatoms. The van der Waals surface area contributed by atoms with E-state index >= 15 is 0 Å². The third kappa shape index (κ3) is 5.43. The minimum absolute atomic E-state index is 0. The van der Waals surface area contributed by atoms with Crippen LogP contribution in [-0.2, 0) is 6.54 Å². The zero-order valence-corrected chi connectivity index (χ0v) is 12.3. The van der Waals surface area contributed by atoms with Crippen molar-refractivity contribution in [3.63, 3.8) is 0 Å². The lowest BCUT2D eigenvalue weighted by molar-refractivity contribution is 0.176. The lowest BCUT2D eigenvalue weighted by Crippen LogP contribution is -2.33. The Hall–Kier alpha value is -0.0200. The van der Waals surface area contributed by atoms with Gasteiger partial charge in [-0.05, 0) is 36.9 Å². The summed E-state index contributed by atoms with van der Waals surface area (Å²) in [5.41, 5.74) is 1.26. The Balaban J connectivity index is 0.00000128. The van der Waals surface area contributed by atoms with Crippen molar-refractivity contribution in [1.29, 1.82) is 0 Å². The summed E-state index contributed by atoms with van der Waals surface area (Å²) in [5, 5.41) is 0.575. The van der Waals surface area contributed by atoms with Crippen LogP contribution in [0.25, 0.3) is 0 Å². The van der Waals surface area contributed by atoms with Crippen LogP contribution >= 0.6 is 36.4 Å². The van der Waals surface area contributed by atoms with Crippen molar-refractivity contribution in [3.8, 4) is 0 Å². The van der Waals surface area contributed by atoms with Crippen LogP contribution in [-0.4, -0.2) is 23.0 Å². The zero-order valence-electron chi connectivity index (χ0n) is 9.93. The summed E-state index contributed by atoms with van der Waals surface area (Å²) >= 11 is 5.75. The van der Waals surface area contributed by atoms with Gasteiger partial charge in [-0.1, -0.05) is 24.6 Å². The predicted octanol–water partition coefficient (Wildman–Crippen LogP) is 3.81. The molecule has 1 aromatic heterocycles. The van der Waals surface area contributed by atoms with Crippen molar-refractivity contribution in [2.75, 3.05) is 13.1 Å². The van der Waals surface area contributed by atoms with E-state index in [1.54, 1.807) is 0 Å². The van der Waals surface area contributed by atoms with E-state index in [0.717, 1.165) is 12.5 Å². The number of hydrogen-bond acceptors (Lipinski definition) is 2. The zero-order chi connectivity index (χ0) is 10.7. The molecule has 0 saturated carbocycles. The van der Waals surface area contributed by atoms with Crippen molar-refractivity contribution in [2.24, 2.45) is 5.92 Å². The molecule has 0 radical (unpaired) electrons. The Morgan fingerprint density at radius 3 is 2.76 bits per heavy atom. The summed E-state index contributed by atoms with van der Waals surface area (Å²) in [6, 6.07) is 3.93. The molecule has 1 saturated heterocycles. The van der Waals surface area contributed by atoms with Crippen molar-refractivity contribution >= 4 is 36.4 Å². The molecule has 1 atom stereocenters. The van der Waals surface area contributed by atoms with E-state index in [2.05, 4.69) is 22.9 Å². The van der Waals surface area contributed by atoms with Crippen LogP contribution in [0.1, 0.15) is 25.3 Å². The molecule has 0 amide bonds. The molecule has 0 aromatic carbocycles. The number of rotatable bonds is 2.